The van der Waals surface area contributed by atoms with Crippen molar-refractivity contribution in [2.24, 2.45) is 0 Å². The average molecular weight is 358 g/mol. The van der Waals surface area contributed by atoms with Crippen LogP contribution in [0.5, 0.6) is 5.75 Å². The van der Waals surface area contributed by atoms with Crippen LogP contribution in [0, 0.1) is 9.39 Å². The summed E-state index contributed by atoms with van der Waals surface area (Å²) in [6.07, 6.45) is 0. The van der Waals surface area contributed by atoms with Gasteiger partial charge in [-0.1, -0.05) is 12.1 Å². The lowest BCUT2D eigenvalue weighted by molar-refractivity contribution is 0.258. The van der Waals surface area contributed by atoms with Gasteiger partial charge in [-0.25, -0.2) is 4.39 Å². The largest absolute Gasteiger partial charge is 0.489 e. The van der Waals surface area contributed by atoms with E-state index in [9.17, 15) is 4.39 Å². The van der Waals surface area contributed by atoms with Crippen LogP contribution in [0.3, 0.4) is 0 Å². The molecule has 4 heteroatoms. The molecule has 2 rings (SSSR count). The van der Waals surface area contributed by atoms with Crippen LogP contribution in [0.1, 0.15) is 11.1 Å². The molecular weight excluding hydrogens is 346 g/mol. The molecule has 1 N–H and O–H groups in total. The second-order valence-electron chi connectivity index (χ2n) is 3.83. The van der Waals surface area contributed by atoms with E-state index in [-0.39, 0.29) is 12.4 Å². The van der Waals surface area contributed by atoms with E-state index >= 15 is 0 Å². The number of hydrogen-bond donors (Lipinski definition) is 1. The molecule has 0 saturated heterocycles. The standard InChI is InChI=1S/C14H12FIO2/c15-12-3-6-14(11(7-12)8-17)18-9-10-1-4-13(16)5-2-10/h1-7,17H,8-9H2. The Kier molecular flexibility index (Phi) is 4.54. The number of aliphatic hydroxyl groups excluding tert-OH is 1. The van der Waals surface area contributed by atoms with Crippen LogP contribution in [-0.4, -0.2) is 5.11 Å². The molecule has 0 aromatic heterocycles. The molecule has 0 saturated carbocycles. The molecular formula is C14H12FIO2. The Morgan fingerprint density at radius 2 is 1.83 bits per heavy atom. The third-order valence-electron chi connectivity index (χ3n) is 2.50. The maximum absolute atomic E-state index is 13.0. The van der Waals surface area contributed by atoms with Gasteiger partial charge in [0, 0.05) is 9.13 Å². The summed E-state index contributed by atoms with van der Waals surface area (Å²) >= 11 is 2.24. The van der Waals surface area contributed by atoms with Crippen LogP contribution in [-0.2, 0) is 13.2 Å². The lowest BCUT2D eigenvalue weighted by atomic mass is 10.2. The summed E-state index contributed by atoms with van der Waals surface area (Å²) in [6, 6.07) is 12.1. The molecule has 94 valence electrons. The van der Waals surface area contributed by atoms with Gasteiger partial charge < -0.3 is 9.84 Å². The summed E-state index contributed by atoms with van der Waals surface area (Å²) in [6.45, 7) is 0.162. The quantitative estimate of drug-likeness (QED) is 0.848. The Balaban J connectivity index is 2.08. The maximum atomic E-state index is 13.0. The number of ether oxygens (including phenoxy) is 1. The summed E-state index contributed by atoms with van der Waals surface area (Å²) in [5, 5.41) is 9.13. The lowest BCUT2D eigenvalue weighted by Crippen LogP contribution is -1.99. The minimum Gasteiger partial charge on any atom is -0.489 e. The van der Waals surface area contributed by atoms with Gasteiger partial charge in [0.25, 0.3) is 0 Å². The Bertz CT molecular complexity index is 526. The third-order valence-corrected chi connectivity index (χ3v) is 3.22. The van der Waals surface area contributed by atoms with Crippen LogP contribution in [0.15, 0.2) is 42.5 Å². The van der Waals surface area contributed by atoms with Gasteiger partial charge in [0.15, 0.2) is 0 Å². The molecule has 0 aliphatic rings. The molecule has 0 fully saturated rings. The van der Waals surface area contributed by atoms with E-state index in [4.69, 9.17) is 9.84 Å². The van der Waals surface area contributed by atoms with Gasteiger partial charge in [-0.05, 0) is 58.5 Å². The van der Waals surface area contributed by atoms with E-state index in [1.54, 1.807) is 0 Å². The Hall–Kier alpha value is -1.14. The predicted molar refractivity (Wildman–Crippen MR) is 75.8 cm³/mol. The maximum Gasteiger partial charge on any atom is 0.125 e. The van der Waals surface area contributed by atoms with Crippen LogP contribution < -0.4 is 4.74 Å². The summed E-state index contributed by atoms with van der Waals surface area (Å²) in [5.74, 6) is 0.137. The predicted octanol–water partition coefficient (Wildman–Crippen LogP) is 3.50. The van der Waals surface area contributed by atoms with Gasteiger partial charge in [0.1, 0.15) is 18.2 Å². The number of rotatable bonds is 4. The fourth-order valence-corrected chi connectivity index (χ4v) is 1.91. The zero-order valence-electron chi connectivity index (χ0n) is 9.57. The highest BCUT2D eigenvalue weighted by Gasteiger charge is 2.04. The molecule has 0 spiro atoms. The van der Waals surface area contributed by atoms with E-state index in [1.165, 1.54) is 18.2 Å². The summed E-state index contributed by atoms with van der Waals surface area (Å²) < 4.78 is 19.7. The minimum atomic E-state index is -0.374. The third kappa shape index (κ3) is 3.43. The first kappa shape index (κ1) is 13.3. The highest BCUT2D eigenvalue weighted by molar-refractivity contribution is 14.1. The highest BCUT2D eigenvalue weighted by Crippen LogP contribution is 2.21. The lowest BCUT2D eigenvalue weighted by Gasteiger charge is -2.10. The second kappa shape index (κ2) is 6.15. The molecule has 0 radical (unpaired) electrons. The van der Waals surface area contributed by atoms with Crippen molar-refractivity contribution in [1.29, 1.82) is 0 Å². The fourth-order valence-electron chi connectivity index (χ4n) is 1.55. The average Bonchev–Trinajstić information content (AvgIpc) is 2.39. The highest BCUT2D eigenvalue weighted by atomic mass is 127. The topological polar surface area (TPSA) is 29.5 Å². The number of hydrogen-bond acceptors (Lipinski definition) is 2. The second-order valence-corrected chi connectivity index (χ2v) is 5.07. The van der Waals surface area contributed by atoms with Crippen molar-refractivity contribution in [3.63, 3.8) is 0 Å². The number of halogens is 2. The zero-order valence-corrected chi connectivity index (χ0v) is 11.7. The fraction of sp³-hybridized carbons (Fsp3) is 0.143. The Morgan fingerprint density at radius 1 is 1.11 bits per heavy atom. The Morgan fingerprint density at radius 3 is 2.50 bits per heavy atom. The van der Waals surface area contributed by atoms with Crippen molar-refractivity contribution in [2.75, 3.05) is 0 Å². The van der Waals surface area contributed by atoms with Gasteiger partial charge in [-0.3, -0.25) is 0 Å². The van der Waals surface area contributed by atoms with E-state index < -0.39 is 0 Å². The molecule has 0 aliphatic heterocycles. The Labute approximate surface area is 119 Å². The van der Waals surface area contributed by atoms with E-state index in [1.807, 2.05) is 24.3 Å². The van der Waals surface area contributed by atoms with Gasteiger partial charge in [-0.2, -0.15) is 0 Å². The first-order valence-corrected chi connectivity index (χ1v) is 6.53. The molecule has 2 aromatic carbocycles. The SMILES string of the molecule is OCc1cc(F)ccc1OCc1ccc(I)cc1. The van der Waals surface area contributed by atoms with Gasteiger partial charge >= 0.3 is 0 Å². The van der Waals surface area contributed by atoms with Gasteiger partial charge in [-0.15, -0.1) is 0 Å². The number of benzene rings is 2. The summed E-state index contributed by atoms with van der Waals surface area (Å²) in [7, 11) is 0. The molecule has 0 heterocycles. The summed E-state index contributed by atoms with van der Waals surface area (Å²) in [4.78, 5) is 0. The minimum absolute atomic E-state index is 0.236. The van der Waals surface area contributed by atoms with Gasteiger partial charge in [0.05, 0.1) is 6.61 Å². The summed E-state index contributed by atoms with van der Waals surface area (Å²) in [5.41, 5.74) is 1.49. The van der Waals surface area contributed by atoms with Gasteiger partial charge in [0.2, 0.25) is 0 Å². The number of aliphatic hydroxyl groups is 1. The molecule has 0 atom stereocenters. The smallest absolute Gasteiger partial charge is 0.125 e. The molecule has 18 heavy (non-hydrogen) atoms. The normalized spacial score (nSPS) is 10.4. The van der Waals surface area contributed by atoms with E-state index in [0.717, 1.165) is 9.13 Å². The van der Waals surface area contributed by atoms with Crippen molar-refractivity contribution >= 4 is 22.6 Å². The monoisotopic (exact) mass is 358 g/mol. The molecule has 0 unspecified atom stereocenters. The van der Waals surface area contributed by atoms with Crippen LogP contribution in [0.25, 0.3) is 0 Å². The zero-order chi connectivity index (χ0) is 13.0. The van der Waals surface area contributed by atoms with Crippen molar-refractivity contribution < 1.29 is 14.2 Å². The van der Waals surface area contributed by atoms with Crippen molar-refractivity contribution in [2.45, 2.75) is 13.2 Å². The van der Waals surface area contributed by atoms with E-state index in [0.29, 0.717) is 17.9 Å². The van der Waals surface area contributed by atoms with Crippen molar-refractivity contribution in [3.8, 4) is 5.75 Å². The van der Waals surface area contributed by atoms with Crippen molar-refractivity contribution in [3.05, 3.63) is 63.0 Å². The van der Waals surface area contributed by atoms with Crippen LogP contribution >= 0.6 is 22.6 Å². The molecule has 0 bridgehead atoms. The van der Waals surface area contributed by atoms with Crippen molar-refractivity contribution in [1.82, 2.24) is 0 Å². The first-order chi connectivity index (χ1) is 8.69. The van der Waals surface area contributed by atoms with E-state index in [2.05, 4.69) is 22.6 Å². The molecule has 2 nitrogen and oxygen atoms in total. The van der Waals surface area contributed by atoms with Crippen LogP contribution in [0.2, 0.25) is 0 Å². The first-order valence-electron chi connectivity index (χ1n) is 5.45. The molecule has 0 amide bonds. The van der Waals surface area contributed by atoms with Crippen LogP contribution in [0.4, 0.5) is 4.39 Å². The molecule has 2 aromatic rings. The molecule has 0 aliphatic carbocycles.